The SMILES string of the molecule is CC.COC(=O)c1ccc(C2CC3(CCN2Cc2c(OC)cc(C)c4c2ccn4C(=O)OC(C)(C)C)CC(F)(F)C3)c(NCC2CC2)c1. The number of alkyl halides is 2. The van der Waals surface area contributed by atoms with Gasteiger partial charge in [-0.05, 0) is 107 Å². The van der Waals surface area contributed by atoms with Gasteiger partial charge in [0, 0.05) is 54.8 Å². The maximum atomic E-state index is 14.4. The summed E-state index contributed by atoms with van der Waals surface area (Å²) in [7, 11) is 3.00. The lowest BCUT2D eigenvalue weighted by atomic mass is 9.58. The molecule has 2 saturated carbocycles. The van der Waals surface area contributed by atoms with E-state index in [1.54, 1.807) is 23.9 Å². The first-order valence-electron chi connectivity index (χ1n) is 17.2. The summed E-state index contributed by atoms with van der Waals surface area (Å²) in [6.45, 7) is 13.3. The van der Waals surface area contributed by atoms with Gasteiger partial charge in [0.05, 0.1) is 25.3 Å². The molecule has 2 aliphatic carbocycles. The lowest BCUT2D eigenvalue weighted by Crippen LogP contribution is -2.53. The summed E-state index contributed by atoms with van der Waals surface area (Å²) >= 11 is 0. The lowest BCUT2D eigenvalue weighted by Gasteiger charge is -2.55. The van der Waals surface area contributed by atoms with Crippen LogP contribution in [-0.4, -0.2) is 60.4 Å². The van der Waals surface area contributed by atoms with Crippen molar-refractivity contribution in [3.05, 3.63) is 58.8 Å². The number of anilines is 1. The second kappa shape index (κ2) is 13.7. The molecule has 3 fully saturated rings. The zero-order chi connectivity index (χ0) is 35.0. The monoisotopic (exact) mass is 667 g/mol. The van der Waals surface area contributed by atoms with Crippen LogP contribution < -0.4 is 10.1 Å². The molecule has 3 aromatic rings. The standard InChI is InChI=1S/C36H45F2N3O5.C2H6/c1-22-15-30(44-5)27(25-11-13-41(31(22)25)33(43)46-34(2,3)4)19-40-14-12-35(20-36(37,38)21-35)17-29(40)26-10-9-24(32(42)45-6)16-28(26)39-18-23-7-8-23;1-2/h9-11,13,15-16,23,29,39H,7-8,12,14,17-21H2,1-6H3;1-2H3. The van der Waals surface area contributed by atoms with Crippen LogP contribution in [0.5, 0.6) is 5.75 Å². The van der Waals surface area contributed by atoms with Gasteiger partial charge in [-0.2, -0.15) is 0 Å². The molecule has 0 amide bonds. The summed E-state index contributed by atoms with van der Waals surface area (Å²) in [6, 6.07) is 9.24. The number of rotatable bonds is 8. The molecule has 1 saturated heterocycles. The number of methoxy groups -OCH3 is 2. The van der Waals surface area contributed by atoms with Crippen LogP contribution in [0.3, 0.4) is 0 Å². The topological polar surface area (TPSA) is 82.0 Å². The van der Waals surface area contributed by atoms with Crippen molar-refractivity contribution in [2.24, 2.45) is 11.3 Å². The molecule has 2 heterocycles. The molecule has 48 heavy (non-hydrogen) atoms. The molecule has 1 spiro atoms. The van der Waals surface area contributed by atoms with Crippen molar-refractivity contribution in [2.75, 3.05) is 32.6 Å². The summed E-state index contributed by atoms with van der Waals surface area (Å²) in [4.78, 5) is 28.0. The Morgan fingerprint density at radius 3 is 2.38 bits per heavy atom. The van der Waals surface area contributed by atoms with E-state index in [4.69, 9.17) is 14.2 Å². The number of benzene rings is 2. The van der Waals surface area contributed by atoms with Crippen LogP contribution in [0, 0.1) is 18.3 Å². The number of ether oxygens (including phenoxy) is 3. The van der Waals surface area contributed by atoms with Gasteiger partial charge in [-0.15, -0.1) is 0 Å². The maximum Gasteiger partial charge on any atom is 0.419 e. The van der Waals surface area contributed by atoms with Crippen molar-refractivity contribution in [1.29, 1.82) is 0 Å². The second-order valence-corrected chi connectivity index (χ2v) is 14.6. The number of carbonyl (C=O) groups excluding carboxylic acids is 2. The molecule has 1 aromatic heterocycles. The zero-order valence-corrected chi connectivity index (χ0v) is 29.7. The molecule has 1 unspecified atom stereocenters. The van der Waals surface area contributed by atoms with Crippen molar-refractivity contribution in [3.8, 4) is 5.75 Å². The molecule has 6 rings (SSSR count). The van der Waals surface area contributed by atoms with Gasteiger partial charge < -0.3 is 19.5 Å². The van der Waals surface area contributed by atoms with Gasteiger partial charge in [0.1, 0.15) is 11.4 Å². The van der Waals surface area contributed by atoms with Crippen molar-refractivity contribution in [2.45, 2.75) is 104 Å². The first-order valence-corrected chi connectivity index (χ1v) is 17.2. The van der Waals surface area contributed by atoms with E-state index in [9.17, 15) is 18.4 Å². The van der Waals surface area contributed by atoms with E-state index in [1.807, 2.05) is 65.8 Å². The highest BCUT2D eigenvalue weighted by molar-refractivity contribution is 5.95. The molecule has 1 aliphatic heterocycles. The van der Waals surface area contributed by atoms with Gasteiger partial charge in [0.2, 0.25) is 5.92 Å². The zero-order valence-electron chi connectivity index (χ0n) is 29.7. The number of likely N-dealkylation sites (tertiary alicyclic amines) is 1. The van der Waals surface area contributed by atoms with Crippen molar-refractivity contribution in [3.63, 3.8) is 0 Å². The minimum atomic E-state index is -2.63. The maximum absolute atomic E-state index is 14.4. The summed E-state index contributed by atoms with van der Waals surface area (Å²) in [5.74, 6) is -1.76. The normalized spacial score (nSPS) is 20.0. The molecule has 0 bridgehead atoms. The average molecular weight is 668 g/mol. The highest BCUT2D eigenvalue weighted by atomic mass is 19.3. The fourth-order valence-electron chi connectivity index (χ4n) is 7.44. The van der Waals surface area contributed by atoms with E-state index in [0.29, 0.717) is 43.2 Å². The average Bonchev–Trinajstić information content (AvgIpc) is 3.75. The quantitative estimate of drug-likeness (QED) is 0.240. The Labute approximate surface area is 283 Å². The lowest BCUT2D eigenvalue weighted by molar-refractivity contribution is -0.186. The highest BCUT2D eigenvalue weighted by Crippen LogP contribution is 2.61. The molecule has 3 aliphatic rings. The molecule has 1 atom stereocenters. The van der Waals surface area contributed by atoms with E-state index >= 15 is 0 Å². The summed E-state index contributed by atoms with van der Waals surface area (Å²) in [5.41, 5.74) is 3.73. The predicted octanol–water partition coefficient (Wildman–Crippen LogP) is 9.13. The third kappa shape index (κ3) is 7.48. The molecular weight excluding hydrogens is 616 g/mol. The first-order chi connectivity index (χ1) is 22.7. The Morgan fingerprint density at radius 2 is 1.77 bits per heavy atom. The smallest absolute Gasteiger partial charge is 0.419 e. The fraction of sp³-hybridized carbons (Fsp3) is 0.579. The Bertz CT molecular complexity index is 1650. The number of nitrogens with zero attached hydrogens (tertiary/aromatic N) is 2. The summed E-state index contributed by atoms with van der Waals surface area (Å²) in [6.07, 6.45) is 4.65. The highest BCUT2D eigenvalue weighted by Gasteiger charge is 2.58. The van der Waals surface area contributed by atoms with Crippen LogP contribution in [-0.2, 0) is 16.0 Å². The summed E-state index contributed by atoms with van der Waals surface area (Å²) in [5, 5.41) is 4.47. The fourth-order valence-corrected chi connectivity index (χ4v) is 7.44. The molecule has 1 N–H and O–H groups in total. The minimum absolute atomic E-state index is 0.105. The van der Waals surface area contributed by atoms with Crippen LogP contribution >= 0.6 is 0 Å². The van der Waals surface area contributed by atoms with Crippen molar-refractivity contribution < 1.29 is 32.6 Å². The van der Waals surface area contributed by atoms with E-state index < -0.39 is 29.0 Å². The van der Waals surface area contributed by atoms with Gasteiger partial charge in [0.25, 0.3) is 0 Å². The number of hydrogen-bond donors (Lipinski definition) is 1. The van der Waals surface area contributed by atoms with E-state index in [2.05, 4.69) is 10.2 Å². The Kier molecular flexibility index (Phi) is 10.2. The Balaban J connectivity index is 0.00000221. The molecular formula is C38H51F2N3O5. The van der Waals surface area contributed by atoms with Crippen molar-refractivity contribution in [1.82, 2.24) is 9.47 Å². The van der Waals surface area contributed by atoms with Crippen LogP contribution in [0.2, 0.25) is 0 Å². The number of piperidine rings is 1. The number of nitrogens with one attached hydrogen (secondary N) is 1. The number of halogens is 2. The predicted molar refractivity (Wildman–Crippen MR) is 184 cm³/mol. The Morgan fingerprint density at radius 1 is 1.06 bits per heavy atom. The van der Waals surface area contributed by atoms with E-state index in [-0.39, 0.29) is 18.9 Å². The van der Waals surface area contributed by atoms with Gasteiger partial charge in [-0.1, -0.05) is 19.9 Å². The van der Waals surface area contributed by atoms with Crippen LogP contribution in [0.4, 0.5) is 19.3 Å². The summed E-state index contributed by atoms with van der Waals surface area (Å²) < 4.78 is 46.9. The molecule has 262 valence electrons. The molecule has 2 aromatic carbocycles. The third-order valence-corrected chi connectivity index (χ3v) is 9.78. The van der Waals surface area contributed by atoms with Gasteiger partial charge in [0.15, 0.2) is 0 Å². The van der Waals surface area contributed by atoms with Gasteiger partial charge in [-0.3, -0.25) is 9.47 Å². The number of aromatic nitrogens is 1. The van der Waals surface area contributed by atoms with Gasteiger partial charge in [-0.25, -0.2) is 18.4 Å². The first kappa shape index (κ1) is 35.6. The number of aryl methyl sites for hydroxylation is 1. The molecule has 10 heteroatoms. The minimum Gasteiger partial charge on any atom is -0.496 e. The number of esters is 1. The number of hydrogen-bond acceptors (Lipinski definition) is 7. The largest absolute Gasteiger partial charge is 0.496 e. The van der Waals surface area contributed by atoms with Crippen LogP contribution in [0.25, 0.3) is 10.9 Å². The van der Waals surface area contributed by atoms with Crippen LogP contribution in [0.15, 0.2) is 36.5 Å². The van der Waals surface area contributed by atoms with Crippen LogP contribution in [0.1, 0.15) is 106 Å². The van der Waals surface area contributed by atoms with Crippen molar-refractivity contribution >= 4 is 28.7 Å². The second-order valence-electron chi connectivity index (χ2n) is 14.6. The van der Waals surface area contributed by atoms with Gasteiger partial charge >= 0.3 is 12.1 Å². The van der Waals surface area contributed by atoms with E-state index in [1.165, 1.54) is 20.0 Å². The van der Waals surface area contributed by atoms with E-state index in [0.717, 1.165) is 39.8 Å². The molecule has 8 nitrogen and oxygen atoms in total. The third-order valence-electron chi connectivity index (χ3n) is 9.78. The number of carbonyl (C=O) groups is 2. The Hall–Kier alpha value is -3.66. The molecule has 0 radical (unpaired) electrons. The number of fused-ring (bicyclic) bond motifs is 1.